The van der Waals surface area contributed by atoms with E-state index in [0.717, 1.165) is 13.1 Å². The van der Waals surface area contributed by atoms with Crippen molar-refractivity contribution in [1.29, 1.82) is 0 Å². The zero-order valence-corrected chi connectivity index (χ0v) is 22.3. The topological polar surface area (TPSA) is 6.48 Å². The van der Waals surface area contributed by atoms with Gasteiger partial charge in [0.2, 0.25) is 0 Å². The summed E-state index contributed by atoms with van der Waals surface area (Å²) in [4.78, 5) is 4.63. The average molecular weight is 452 g/mol. The van der Waals surface area contributed by atoms with Crippen LogP contribution in [0, 0.1) is 0 Å². The standard InChI is InChI=1S/C22H41N2.2ClH.Ti/c1-15(2)20-18(11-13-23(7)8)21(16(3)4)22(17(5)6)19(20)12-14-24(9)10;;;/h15-17H,11-14H2,1-10H3;2*1H;/q-1;;;+3/p-2. The van der Waals surface area contributed by atoms with Crippen molar-refractivity contribution in [3.63, 3.8) is 0 Å². The van der Waals surface area contributed by atoms with Gasteiger partial charge in [0, 0.05) is 0 Å². The minimum Gasteiger partial charge on any atom is -1.00 e. The van der Waals surface area contributed by atoms with Crippen LogP contribution in [0.2, 0.25) is 0 Å². The molecule has 0 N–H and O–H groups in total. The molecule has 1 aromatic carbocycles. The summed E-state index contributed by atoms with van der Waals surface area (Å²) >= 11 is 0. The summed E-state index contributed by atoms with van der Waals surface area (Å²) in [5, 5.41) is 0. The van der Waals surface area contributed by atoms with Crippen molar-refractivity contribution in [3.8, 4) is 0 Å². The van der Waals surface area contributed by atoms with Gasteiger partial charge < -0.3 is 34.6 Å². The second-order valence-electron chi connectivity index (χ2n) is 8.77. The van der Waals surface area contributed by atoms with Crippen LogP contribution >= 0.6 is 0 Å². The fraction of sp³-hybridized carbons (Fsp3) is 0.773. The largest absolute Gasteiger partial charge is 3.00 e. The smallest absolute Gasteiger partial charge is 1.00 e. The van der Waals surface area contributed by atoms with Crippen LogP contribution in [0.25, 0.3) is 0 Å². The molecule has 0 fully saturated rings. The maximum atomic E-state index is 2.38. The van der Waals surface area contributed by atoms with Crippen LogP contribution in [0.4, 0.5) is 0 Å². The van der Waals surface area contributed by atoms with Crippen LogP contribution in [0.15, 0.2) is 0 Å². The molecule has 0 saturated carbocycles. The van der Waals surface area contributed by atoms with Gasteiger partial charge in [-0.1, -0.05) is 59.8 Å². The normalized spacial score (nSPS) is 11.2. The van der Waals surface area contributed by atoms with Gasteiger partial charge in [0.05, 0.1) is 0 Å². The zero-order valence-electron chi connectivity index (χ0n) is 19.2. The number of rotatable bonds is 9. The molecule has 0 saturated heterocycles. The van der Waals surface area contributed by atoms with E-state index in [9.17, 15) is 0 Å². The first-order chi connectivity index (χ1) is 11.1. The number of nitrogens with zero attached hydrogens (tertiary/aromatic N) is 2. The Bertz CT molecular complexity index is 479. The van der Waals surface area contributed by atoms with Crippen molar-refractivity contribution >= 4 is 0 Å². The third-order valence-corrected chi connectivity index (χ3v) is 4.94. The van der Waals surface area contributed by atoms with E-state index in [1.165, 1.54) is 12.8 Å². The molecule has 2 nitrogen and oxygen atoms in total. The van der Waals surface area contributed by atoms with Crippen molar-refractivity contribution in [2.24, 2.45) is 0 Å². The van der Waals surface area contributed by atoms with E-state index in [-0.39, 0.29) is 46.5 Å². The van der Waals surface area contributed by atoms with Crippen molar-refractivity contribution in [2.45, 2.75) is 72.1 Å². The molecule has 0 aliphatic rings. The third-order valence-electron chi connectivity index (χ3n) is 4.94. The summed E-state index contributed by atoms with van der Waals surface area (Å²) < 4.78 is 0. The van der Waals surface area contributed by atoms with E-state index in [4.69, 9.17) is 0 Å². The molecule has 0 aromatic heterocycles. The Hall–Kier alpha value is 0.564. The summed E-state index contributed by atoms with van der Waals surface area (Å²) in [6.45, 7) is 16.5. The minimum atomic E-state index is 0. The zero-order chi connectivity index (χ0) is 18.6. The molecule has 0 amide bonds. The monoisotopic (exact) mass is 451 g/mol. The van der Waals surface area contributed by atoms with Crippen LogP contribution in [0.3, 0.4) is 0 Å². The second kappa shape index (κ2) is 14.5. The molecule has 0 bridgehead atoms. The summed E-state index contributed by atoms with van der Waals surface area (Å²) in [7, 11) is 8.74. The Labute approximate surface area is 196 Å². The molecule has 0 atom stereocenters. The number of hydrogen-bond acceptors (Lipinski definition) is 2. The fourth-order valence-corrected chi connectivity index (χ4v) is 4.02. The Morgan fingerprint density at radius 2 is 1.19 bits per heavy atom. The number of likely N-dealkylation sites (N-methyl/N-ethyl adjacent to an activating group) is 2. The van der Waals surface area contributed by atoms with E-state index >= 15 is 0 Å². The van der Waals surface area contributed by atoms with Gasteiger partial charge in [0.1, 0.15) is 0 Å². The minimum absolute atomic E-state index is 0. The Morgan fingerprint density at radius 3 is 1.52 bits per heavy atom. The summed E-state index contributed by atoms with van der Waals surface area (Å²) in [5.74, 6) is 1.81. The fourth-order valence-electron chi connectivity index (χ4n) is 4.02. The second-order valence-corrected chi connectivity index (χ2v) is 8.77. The van der Waals surface area contributed by atoms with Gasteiger partial charge in [0.25, 0.3) is 0 Å². The van der Waals surface area contributed by atoms with Crippen molar-refractivity contribution in [3.05, 3.63) is 27.8 Å². The Kier molecular flexibility index (Phi) is 17.3. The quantitative estimate of drug-likeness (QED) is 0.350. The van der Waals surface area contributed by atoms with Crippen LogP contribution < -0.4 is 24.8 Å². The van der Waals surface area contributed by atoms with Crippen LogP contribution in [0.1, 0.15) is 87.1 Å². The van der Waals surface area contributed by atoms with E-state index in [0.29, 0.717) is 17.8 Å². The first-order valence-electron chi connectivity index (χ1n) is 9.71. The van der Waals surface area contributed by atoms with E-state index in [1.807, 2.05) is 0 Å². The van der Waals surface area contributed by atoms with Crippen molar-refractivity contribution in [2.75, 3.05) is 41.3 Å². The molecular formula is C22H41Cl2N2Ti. The summed E-state index contributed by atoms with van der Waals surface area (Å²) in [6, 6.07) is 0. The molecule has 1 radical (unpaired) electrons. The predicted octanol–water partition coefficient (Wildman–Crippen LogP) is -1.01. The van der Waals surface area contributed by atoms with E-state index in [1.54, 1.807) is 27.8 Å². The van der Waals surface area contributed by atoms with Gasteiger partial charge in [-0.15, -0.1) is 5.56 Å². The average Bonchev–Trinajstić information content (AvgIpc) is 2.77. The van der Waals surface area contributed by atoms with Gasteiger partial charge >= 0.3 is 21.7 Å². The van der Waals surface area contributed by atoms with Gasteiger partial charge in [-0.3, -0.25) is 0 Å². The Balaban J connectivity index is -0.00000192. The number of hydrogen-bond donors (Lipinski definition) is 0. The molecule has 0 aliphatic carbocycles. The maximum absolute atomic E-state index is 2.38. The summed E-state index contributed by atoms with van der Waals surface area (Å²) in [6.07, 6.45) is 2.35. The van der Waals surface area contributed by atoms with Crippen LogP contribution in [-0.2, 0) is 34.6 Å². The molecular weight excluding hydrogens is 411 g/mol. The molecule has 1 rings (SSSR count). The van der Waals surface area contributed by atoms with Gasteiger partial charge in [-0.25, -0.2) is 0 Å². The van der Waals surface area contributed by atoms with Gasteiger partial charge in [-0.2, -0.15) is 22.3 Å². The molecule has 5 heteroatoms. The van der Waals surface area contributed by atoms with Crippen molar-refractivity contribution < 1.29 is 46.5 Å². The number of halogens is 2. The molecule has 1 aromatic rings. The molecule has 0 heterocycles. The SMILES string of the molecule is CC(C)c1c(CCN(C)C)c(C(C)C)[c-](C(C)C)c1CCN(C)C.[Cl-].[Cl-].[Ti+3]. The molecule has 0 aliphatic heterocycles. The van der Waals surface area contributed by atoms with Crippen LogP contribution in [-0.4, -0.2) is 51.1 Å². The van der Waals surface area contributed by atoms with Crippen LogP contribution in [0.5, 0.6) is 0 Å². The Morgan fingerprint density at radius 1 is 0.741 bits per heavy atom. The van der Waals surface area contributed by atoms with Gasteiger partial charge in [-0.05, 0) is 53.6 Å². The van der Waals surface area contributed by atoms with E-state index < -0.39 is 0 Å². The predicted molar refractivity (Wildman–Crippen MR) is 109 cm³/mol. The van der Waals surface area contributed by atoms with Gasteiger partial charge in [0.15, 0.2) is 0 Å². The first-order valence-corrected chi connectivity index (χ1v) is 9.71. The van der Waals surface area contributed by atoms with E-state index in [2.05, 4.69) is 79.5 Å². The molecule has 157 valence electrons. The molecule has 0 spiro atoms. The maximum Gasteiger partial charge on any atom is 3.00 e. The molecule has 27 heavy (non-hydrogen) atoms. The molecule has 0 unspecified atom stereocenters. The third kappa shape index (κ3) is 8.85. The summed E-state index contributed by atoms with van der Waals surface area (Å²) in [5.41, 5.74) is 8.29. The van der Waals surface area contributed by atoms with Crippen molar-refractivity contribution in [1.82, 2.24) is 9.80 Å². The first kappa shape index (κ1) is 32.2.